The molecule has 0 spiro atoms. The first-order valence-corrected chi connectivity index (χ1v) is 4.23. The van der Waals surface area contributed by atoms with Crippen molar-refractivity contribution in [1.82, 2.24) is 5.48 Å². The normalized spacial score (nSPS) is 6.50. The van der Waals surface area contributed by atoms with Gasteiger partial charge in [0, 0.05) is 32.0 Å². The largest absolute Gasteiger partial charge is 2.00 e. The van der Waals surface area contributed by atoms with Gasteiger partial charge in [-0.1, -0.05) is 0 Å². The molecule has 0 saturated heterocycles. The number of rotatable bonds is 2. The summed E-state index contributed by atoms with van der Waals surface area (Å²) < 4.78 is 0. The average Bonchev–Trinajstić information content (AvgIpc) is 2.01. The SMILES string of the molecule is CC(=O)O.CC(=O)[O-].CC(=O)[O-].NCCNO.[Zn+2]. The van der Waals surface area contributed by atoms with E-state index in [-0.39, 0.29) is 19.5 Å². The summed E-state index contributed by atoms with van der Waals surface area (Å²) in [5, 5.41) is 32.9. The number of carbonyl (C=O) groups excluding carboxylic acids is 2. The quantitative estimate of drug-likeness (QED) is 0.297. The molecule has 0 unspecified atom stereocenters. The fraction of sp³-hybridized carbons (Fsp3) is 0.625. The smallest absolute Gasteiger partial charge is 0.550 e. The van der Waals surface area contributed by atoms with Gasteiger partial charge < -0.3 is 35.8 Å². The van der Waals surface area contributed by atoms with Crippen molar-refractivity contribution in [2.24, 2.45) is 5.73 Å². The Morgan fingerprint density at radius 2 is 1.28 bits per heavy atom. The van der Waals surface area contributed by atoms with Crippen LogP contribution in [0.25, 0.3) is 0 Å². The van der Waals surface area contributed by atoms with Gasteiger partial charge in [0.2, 0.25) is 0 Å². The van der Waals surface area contributed by atoms with Gasteiger partial charge in [-0.05, 0) is 13.8 Å². The van der Waals surface area contributed by atoms with E-state index < -0.39 is 17.9 Å². The third kappa shape index (κ3) is 3460. The number of carboxylic acid groups (broad SMARTS) is 3. The fourth-order valence-electron chi connectivity index (χ4n) is 0.0645. The Morgan fingerprint density at radius 3 is 1.28 bits per heavy atom. The van der Waals surface area contributed by atoms with Crippen LogP contribution in [0.3, 0.4) is 0 Å². The predicted molar refractivity (Wildman–Crippen MR) is 53.5 cm³/mol. The van der Waals surface area contributed by atoms with Crippen molar-refractivity contribution in [2.45, 2.75) is 20.8 Å². The summed E-state index contributed by atoms with van der Waals surface area (Å²) in [4.78, 5) is 26.8. The maximum atomic E-state index is 9.00. The number of hydrogen-bond donors (Lipinski definition) is 4. The molecule has 0 aliphatic rings. The van der Waals surface area contributed by atoms with Crippen molar-refractivity contribution in [3.63, 3.8) is 0 Å². The molecule has 0 fully saturated rings. The molecular weight excluding hydrogens is 301 g/mol. The first-order valence-electron chi connectivity index (χ1n) is 4.23. The van der Waals surface area contributed by atoms with E-state index in [9.17, 15) is 0 Å². The summed E-state index contributed by atoms with van der Waals surface area (Å²) in [6.07, 6.45) is 0. The molecule has 0 rings (SSSR count). The van der Waals surface area contributed by atoms with E-state index in [1.807, 2.05) is 5.48 Å². The second-order valence-corrected chi connectivity index (χ2v) is 2.20. The maximum Gasteiger partial charge on any atom is 2.00 e. The van der Waals surface area contributed by atoms with Gasteiger partial charge in [-0.3, -0.25) is 4.79 Å². The van der Waals surface area contributed by atoms with E-state index in [0.29, 0.717) is 13.1 Å². The van der Waals surface area contributed by atoms with E-state index in [1.54, 1.807) is 0 Å². The summed E-state index contributed by atoms with van der Waals surface area (Å²) in [6, 6.07) is 0. The molecular formula is C8H18N2O7Zn. The van der Waals surface area contributed by atoms with Crippen molar-refractivity contribution in [3.8, 4) is 0 Å². The van der Waals surface area contributed by atoms with Crippen LogP contribution in [0.1, 0.15) is 20.8 Å². The first-order chi connectivity index (χ1) is 7.61. The molecule has 0 aromatic rings. The Kier molecular flexibility index (Phi) is 49.8. The van der Waals surface area contributed by atoms with Crippen LogP contribution in [0.15, 0.2) is 0 Å². The second kappa shape index (κ2) is 29.7. The molecule has 0 aromatic heterocycles. The van der Waals surface area contributed by atoms with E-state index in [1.165, 1.54) is 0 Å². The van der Waals surface area contributed by atoms with Gasteiger partial charge in [0.1, 0.15) is 0 Å². The van der Waals surface area contributed by atoms with Crippen LogP contribution >= 0.6 is 0 Å². The Balaban J connectivity index is -0.0000000412. The summed E-state index contributed by atoms with van der Waals surface area (Å²) in [5.41, 5.74) is 6.81. The molecule has 0 aliphatic heterocycles. The Labute approximate surface area is 118 Å². The van der Waals surface area contributed by atoms with Gasteiger partial charge in [0.25, 0.3) is 5.97 Å². The summed E-state index contributed by atoms with van der Waals surface area (Å²) in [6.45, 7) is 3.98. The zero-order chi connectivity index (χ0) is 14.9. The van der Waals surface area contributed by atoms with Crippen LogP contribution in [0.2, 0.25) is 0 Å². The molecule has 104 valence electrons. The number of nitrogens with two attached hydrogens (primary N) is 1. The molecule has 0 aliphatic carbocycles. The molecule has 9 nitrogen and oxygen atoms in total. The van der Waals surface area contributed by atoms with Gasteiger partial charge in [-0.25, -0.2) is 5.48 Å². The van der Waals surface area contributed by atoms with Gasteiger partial charge in [-0.2, -0.15) is 0 Å². The van der Waals surface area contributed by atoms with E-state index >= 15 is 0 Å². The zero-order valence-electron chi connectivity index (χ0n) is 10.6. The average molecular weight is 320 g/mol. The van der Waals surface area contributed by atoms with Crippen molar-refractivity contribution in [3.05, 3.63) is 0 Å². The number of hydroxylamine groups is 1. The van der Waals surface area contributed by atoms with Crippen LogP contribution in [0.4, 0.5) is 0 Å². The monoisotopic (exact) mass is 318 g/mol. The molecule has 0 amide bonds. The molecule has 0 atom stereocenters. The Hall–Kier alpha value is -1.09. The molecule has 0 bridgehead atoms. The third-order valence-electron chi connectivity index (χ3n) is 0.256. The molecule has 0 saturated carbocycles. The van der Waals surface area contributed by atoms with Crippen LogP contribution in [-0.2, 0) is 33.9 Å². The molecule has 10 heteroatoms. The minimum atomic E-state index is -1.08. The third-order valence-corrected chi connectivity index (χ3v) is 0.256. The number of hydrogen-bond acceptors (Lipinski definition) is 8. The zero-order valence-corrected chi connectivity index (χ0v) is 13.6. The second-order valence-electron chi connectivity index (χ2n) is 2.20. The van der Waals surface area contributed by atoms with Crippen LogP contribution in [-0.4, -0.2) is 41.3 Å². The van der Waals surface area contributed by atoms with Crippen molar-refractivity contribution in [1.29, 1.82) is 0 Å². The van der Waals surface area contributed by atoms with Gasteiger partial charge in [-0.15, -0.1) is 0 Å². The Morgan fingerprint density at radius 1 is 1.11 bits per heavy atom. The molecule has 18 heavy (non-hydrogen) atoms. The minimum absolute atomic E-state index is 0. The number of aliphatic carboxylic acids is 3. The first kappa shape index (κ1) is 30.2. The number of nitrogens with one attached hydrogen (secondary N) is 1. The van der Waals surface area contributed by atoms with Gasteiger partial charge >= 0.3 is 19.5 Å². The standard InChI is InChI=1S/C2H8N2O.3C2H4O2.Zn/c3-1-2-4-5;3*1-2(3)4;/h4-5H,1-3H2;3*1H3,(H,3,4);/q;;;;+2/p-2. The molecule has 0 aromatic carbocycles. The van der Waals surface area contributed by atoms with Crippen molar-refractivity contribution < 1.29 is 54.4 Å². The van der Waals surface area contributed by atoms with E-state index in [0.717, 1.165) is 20.8 Å². The Bertz CT molecular complexity index is 159. The maximum absolute atomic E-state index is 9.00. The van der Waals surface area contributed by atoms with Gasteiger partial charge in [0.05, 0.1) is 0 Å². The van der Waals surface area contributed by atoms with E-state index in [4.69, 9.17) is 40.6 Å². The van der Waals surface area contributed by atoms with Crippen LogP contribution in [0.5, 0.6) is 0 Å². The molecule has 5 N–H and O–H groups in total. The van der Waals surface area contributed by atoms with E-state index in [2.05, 4.69) is 0 Å². The number of carbonyl (C=O) groups is 3. The number of carboxylic acids is 3. The van der Waals surface area contributed by atoms with Crippen LogP contribution in [0, 0.1) is 0 Å². The summed E-state index contributed by atoms with van der Waals surface area (Å²) in [5.74, 6) is -3.00. The summed E-state index contributed by atoms with van der Waals surface area (Å²) >= 11 is 0. The minimum Gasteiger partial charge on any atom is -0.550 e. The van der Waals surface area contributed by atoms with Crippen molar-refractivity contribution >= 4 is 17.9 Å². The molecule has 0 radical (unpaired) electrons. The van der Waals surface area contributed by atoms with Crippen LogP contribution < -0.4 is 21.4 Å². The fourth-order valence-corrected chi connectivity index (χ4v) is 0.0645. The predicted octanol–water partition coefficient (Wildman–Crippen LogP) is -3.48. The topological polar surface area (TPSA) is 176 Å². The summed E-state index contributed by atoms with van der Waals surface area (Å²) in [7, 11) is 0. The van der Waals surface area contributed by atoms with Crippen molar-refractivity contribution in [2.75, 3.05) is 13.1 Å². The molecule has 0 heterocycles. The van der Waals surface area contributed by atoms with Gasteiger partial charge in [0.15, 0.2) is 0 Å².